The lowest BCUT2D eigenvalue weighted by Crippen LogP contribution is -2.37. The fraction of sp³-hybridized carbons (Fsp3) is 0.136. The van der Waals surface area contributed by atoms with Gasteiger partial charge in [0.25, 0.3) is 11.8 Å². The number of rotatable bonds is 5. The molecular formula is C22H18N4O4. The molecule has 3 aromatic rings. The van der Waals surface area contributed by atoms with Crippen LogP contribution in [0.15, 0.2) is 54.6 Å². The Hall–Kier alpha value is -4.07. The van der Waals surface area contributed by atoms with Gasteiger partial charge in [-0.3, -0.25) is 19.3 Å². The van der Waals surface area contributed by atoms with E-state index in [4.69, 9.17) is 4.74 Å². The van der Waals surface area contributed by atoms with Gasteiger partial charge in [-0.1, -0.05) is 18.2 Å². The number of hydrogen-bond acceptors (Lipinski definition) is 6. The monoisotopic (exact) mass is 402 g/mol. The number of anilines is 1. The smallest absolute Gasteiger partial charge is 0.322 e. The van der Waals surface area contributed by atoms with E-state index in [0.29, 0.717) is 22.6 Å². The molecule has 0 saturated carbocycles. The summed E-state index contributed by atoms with van der Waals surface area (Å²) in [7, 11) is 0. The summed E-state index contributed by atoms with van der Waals surface area (Å²) in [4.78, 5) is 46.6. The topological polar surface area (TPSA) is 101 Å². The molecule has 1 aliphatic heterocycles. The summed E-state index contributed by atoms with van der Waals surface area (Å²) < 4.78 is 5.68. The molecule has 3 amide bonds. The molecule has 0 spiro atoms. The van der Waals surface area contributed by atoms with Crippen molar-refractivity contribution in [3.8, 4) is 11.8 Å². The minimum atomic E-state index is -0.496. The first-order valence-corrected chi connectivity index (χ1v) is 9.26. The lowest BCUT2D eigenvalue weighted by atomic mass is 10.1. The maximum atomic E-state index is 12.4. The van der Waals surface area contributed by atoms with Crippen molar-refractivity contribution in [2.75, 3.05) is 11.9 Å². The molecule has 150 valence electrons. The molecule has 1 aliphatic rings. The molecule has 0 radical (unpaired) electrons. The summed E-state index contributed by atoms with van der Waals surface area (Å²) in [6, 6.07) is 15.3. The Morgan fingerprint density at radius 2 is 1.57 bits per heavy atom. The molecule has 1 aromatic heterocycles. The van der Waals surface area contributed by atoms with Crippen molar-refractivity contribution in [2.24, 2.45) is 0 Å². The molecule has 0 atom stereocenters. The highest BCUT2D eigenvalue weighted by Gasteiger charge is 2.36. The van der Waals surface area contributed by atoms with Crippen LogP contribution in [0.4, 0.5) is 5.69 Å². The highest BCUT2D eigenvalue weighted by molar-refractivity contribution is 6.22. The Kier molecular flexibility index (Phi) is 4.97. The number of benzene rings is 2. The van der Waals surface area contributed by atoms with E-state index in [1.165, 1.54) is 0 Å². The second-order valence-electron chi connectivity index (χ2n) is 6.85. The van der Waals surface area contributed by atoms with Crippen LogP contribution in [0.3, 0.4) is 0 Å². The average molecular weight is 402 g/mol. The third-order valence-electron chi connectivity index (χ3n) is 4.47. The first-order valence-electron chi connectivity index (χ1n) is 9.26. The predicted octanol–water partition coefficient (Wildman–Crippen LogP) is 3.12. The van der Waals surface area contributed by atoms with Gasteiger partial charge in [-0.05, 0) is 44.2 Å². The molecule has 2 aromatic carbocycles. The van der Waals surface area contributed by atoms with Crippen LogP contribution >= 0.6 is 0 Å². The normalized spacial score (nSPS) is 12.7. The van der Waals surface area contributed by atoms with Gasteiger partial charge in [-0.2, -0.15) is 0 Å². The van der Waals surface area contributed by atoms with E-state index in [2.05, 4.69) is 15.3 Å². The van der Waals surface area contributed by atoms with Crippen LogP contribution in [0.1, 0.15) is 32.1 Å². The molecule has 8 nitrogen and oxygen atoms in total. The summed E-state index contributed by atoms with van der Waals surface area (Å²) in [5.74, 6) is -1.01. The lowest BCUT2D eigenvalue weighted by molar-refractivity contribution is -0.116. The number of nitrogens with zero attached hydrogens (tertiary/aromatic N) is 3. The van der Waals surface area contributed by atoms with E-state index in [1.807, 2.05) is 19.9 Å². The molecule has 0 bridgehead atoms. The first kappa shape index (κ1) is 19.3. The maximum Gasteiger partial charge on any atom is 0.322 e. The van der Waals surface area contributed by atoms with E-state index in [1.54, 1.807) is 48.5 Å². The van der Waals surface area contributed by atoms with Crippen molar-refractivity contribution in [2.45, 2.75) is 13.8 Å². The van der Waals surface area contributed by atoms with Crippen LogP contribution in [-0.4, -0.2) is 39.1 Å². The minimum absolute atomic E-state index is 0.210. The average Bonchev–Trinajstić information content (AvgIpc) is 2.93. The van der Waals surface area contributed by atoms with Crippen LogP contribution in [-0.2, 0) is 4.79 Å². The first-order chi connectivity index (χ1) is 14.4. The molecule has 8 heteroatoms. The maximum absolute atomic E-state index is 12.4. The minimum Gasteiger partial charge on any atom is -0.424 e. The third-order valence-corrected chi connectivity index (χ3v) is 4.47. The van der Waals surface area contributed by atoms with Gasteiger partial charge in [0, 0.05) is 23.1 Å². The van der Waals surface area contributed by atoms with Crippen LogP contribution < -0.4 is 10.1 Å². The molecular weight excluding hydrogens is 384 g/mol. The number of aromatic nitrogens is 2. The van der Waals surface area contributed by atoms with Crippen LogP contribution in [0.5, 0.6) is 11.8 Å². The van der Waals surface area contributed by atoms with Gasteiger partial charge in [-0.25, -0.2) is 9.97 Å². The molecule has 30 heavy (non-hydrogen) atoms. The van der Waals surface area contributed by atoms with E-state index in [9.17, 15) is 14.4 Å². The fourth-order valence-electron chi connectivity index (χ4n) is 3.21. The van der Waals surface area contributed by atoms with Crippen molar-refractivity contribution in [3.05, 3.63) is 77.1 Å². The Balaban J connectivity index is 1.44. The van der Waals surface area contributed by atoms with Crippen LogP contribution in [0, 0.1) is 13.8 Å². The van der Waals surface area contributed by atoms with Gasteiger partial charge in [0.05, 0.1) is 11.1 Å². The Morgan fingerprint density at radius 3 is 2.20 bits per heavy atom. The molecule has 0 unspecified atom stereocenters. The Labute approximate surface area is 172 Å². The van der Waals surface area contributed by atoms with Gasteiger partial charge in [0.1, 0.15) is 12.3 Å². The second-order valence-corrected chi connectivity index (χ2v) is 6.85. The summed E-state index contributed by atoms with van der Waals surface area (Å²) in [5.41, 5.74) is 2.63. The summed E-state index contributed by atoms with van der Waals surface area (Å²) >= 11 is 0. The summed E-state index contributed by atoms with van der Waals surface area (Å²) in [5, 5.41) is 2.68. The predicted molar refractivity (Wildman–Crippen MR) is 108 cm³/mol. The van der Waals surface area contributed by atoms with Crippen molar-refractivity contribution in [1.29, 1.82) is 0 Å². The zero-order chi connectivity index (χ0) is 21.3. The third kappa shape index (κ3) is 3.88. The number of carbonyl (C=O) groups excluding carboxylic acids is 3. The van der Waals surface area contributed by atoms with E-state index in [-0.39, 0.29) is 12.6 Å². The van der Waals surface area contributed by atoms with Crippen molar-refractivity contribution in [1.82, 2.24) is 14.9 Å². The largest absolute Gasteiger partial charge is 0.424 e. The zero-order valence-electron chi connectivity index (χ0n) is 16.4. The number of nitrogens with one attached hydrogen (secondary N) is 1. The molecule has 0 fully saturated rings. The number of aryl methyl sites for hydroxylation is 2. The van der Waals surface area contributed by atoms with Gasteiger partial charge >= 0.3 is 6.01 Å². The van der Waals surface area contributed by atoms with E-state index >= 15 is 0 Å². The quantitative estimate of drug-likeness (QED) is 0.658. The van der Waals surface area contributed by atoms with Crippen molar-refractivity contribution < 1.29 is 19.1 Å². The van der Waals surface area contributed by atoms with E-state index in [0.717, 1.165) is 16.3 Å². The number of ether oxygens (including phenoxy) is 1. The fourth-order valence-corrected chi connectivity index (χ4v) is 3.21. The van der Waals surface area contributed by atoms with Crippen molar-refractivity contribution in [3.63, 3.8) is 0 Å². The number of amides is 3. The van der Waals surface area contributed by atoms with Crippen LogP contribution in [0.2, 0.25) is 0 Å². The SMILES string of the molecule is Cc1cc(C)nc(Oc2cccc(NC(=O)CN3C(=O)c4ccccc4C3=O)c2)n1. The number of hydrogen-bond donors (Lipinski definition) is 1. The zero-order valence-corrected chi connectivity index (χ0v) is 16.4. The van der Waals surface area contributed by atoms with Gasteiger partial charge in [-0.15, -0.1) is 0 Å². The standard InChI is InChI=1S/C22H18N4O4/c1-13-10-14(2)24-22(23-13)30-16-7-5-6-15(11-16)25-19(27)12-26-20(28)17-8-3-4-9-18(17)21(26)29/h3-11H,12H2,1-2H3,(H,25,27). The molecule has 4 rings (SSSR count). The van der Waals surface area contributed by atoms with Gasteiger partial charge in [0.2, 0.25) is 5.91 Å². The molecule has 1 N–H and O–H groups in total. The van der Waals surface area contributed by atoms with E-state index < -0.39 is 17.7 Å². The molecule has 2 heterocycles. The highest BCUT2D eigenvalue weighted by Crippen LogP contribution is 2.24. The van der Waals surface area contributed by atoms with Gasteiger partial charge in [0.15, 0.2) is 0 Å². The summed E-state index contributed by atoms with van der Waals surface area (Å²) in [6.07, 6.45) is 0. The summed E-state index contributed by atoms with van der Waals surface area (Å²) in [6.45, 7) is 3.31. The van der Waals surface area contributed by atoms with Crippen molar-refractivity contribution >= 4 is 23.4 Å². The van der Waals surface area contributed by atoms with Gasteiger partial charge < -0.3 is 10.1 Å². The number of fused-ring (bicyclic) bond motifs is 1. The second kappa shape index (κ2) is 7.75. The molecule has 0 saturated heterocycles. The Bertz CT molecular complexity index is 1120. The van der Waals surface area contributed by atoms with Crippen LogP contribution in [0.25, 0.3) is 0 Å². The lowest BCUT2D eigenvalue weighted by Gasteiger charge is -2.14. The Morgan fingerprint density at radius 1 is 0.933 bits per heavy atom. The number of imide groups is 1. The number of carbonyl (C=O) groups is 3. The highest BCUT2D eigenvalue weighted by atomic mass is 16.5. The molecule has 0 aliphatic carbocycles.